The van der Waals surface area contributed by atoms with E-state index in [2.05, 4.69) is 5.32 Å². The van der Waals surface area contributed by atoms with Crippen molar-refractivity contribution in [2.24, 2.45) is 5.92 Å². The van der Waals surface area contributed by atoms with E-state index in [0.717, 1.165) is 16.7 Å². The van der Waals surface area contributed by atoms with Gasteiger partial charge < -0.3 is 5.32 Å². The fourth-order valence-electron chi connectivity index (χ4n) is 3.49. The quantitative estimate of drug-likeness (QED) is 0.704. The number of amides is 1. The Hall–Kier alpha value is -3.15. The fourth-order valence-corrected chi connectivity index (χ4v) is 3.49. The number of nitrogens with zero attached hydrogens (tertiary/aromatic N) is 2. The Morgan fingerprint density at radius 1 is 0.967 bits per heavy atom. The molecule has 1 heterocycles. The average Bonchev–Trinajstić information content (AvgIpc) is 2.69. The number of hydrogen-bond acceptors (Lipinski definition) is 3. The molecule has 0 aliphatic heterocycles. The second-order valence-electron chi connectivity index (χ2n) is 8.40. The zero-order valence-electron chi connectivity index (χ0n) is 18.4. The van der Waals surface area contributed by atoms with Crippen molar-refractivity contribution < 1.29 is 4.79 Å². The third-order valence-electron chi connectivity index (χ3n) is 5.44. The van der Waals surface area contributed by atoms with Gasteiger partial charge >= 0.3 is 5.69 Å². The summed E-state index contributed by atoms with van der Waals surface area (Å²) < 4.78 is 2.58. The summed E-state index contributed by atoms with van der Waals surface area (Å²) in [5, 5.41) is 3.30. The van der Waals surface area contributed by atoms with Gasteiger partial charge in [-0.05, 0) is 69.0 Å². The summed E-state index contributed by atoms with van der Waals surface area (Å²) in [6.07, 6.45) is 0. The molecule has 158 valence electrons. The average molecular weight is 408 g/mol. The summed E-state index contributed by atoms with van der Waals surface area (Å²) in [6.45, 7) is 12.0. The summed E-state index contributed by atoms with van der Waals surface area (Å²) in [6, 6.07) is 10.1. The number of aromatic nitrogens is 2. The van der Waals surface area contributed by atoms with E-state index in [1.54, 1.807) is 25.1 Å². The normalized spacial score (nSPS) is 12.4. The summed E-state index contributed by atoms with van der Waals surface area (Å²) in [5.74, 6) is 0.0414. The van der Waals surface area contributed by atoms with E-state index in [1.807, 2.05) is 52.8 Å². The topological polar surface area (TPSA) is 73.1 Å². The number of carbonyl (C=O) groups is 1. The summed E-state index contributed by atoms with van der Waals surface area (Å²) in [5.41, 5.74) is 3.03. The van der Waals surface area contributed by atoms with Crippen molar-refractivity contribution in [1.82, 2.24) is 14.5 Å². The molecule has 0 saturated heterocycles. The van der Waals surface area contributed by atoms with Crippen LogP contribution in [0.3, 0.4) is 0 Å². The van der Waals surface area contributed by atoms with Crippen LogP contribution < -0.4 is 16.6 Å². The highest BCUT2D eigenvalue weighted by atomic mass is 16.2. The molecule has 1 aromatic heterocycles. The van der Waals surface area contributed by atoms with Gasteiger partial charge in [0.1, 0.15) is 6.04 Å². The molecule has 2 aromatic carbocycles. The zero-order chi connectivity index (χ0) is 22.2. The van der Waals surface area contributed by atoms with Gasteiger partial charge in [0.05, 0.1) is 16.6 Å². The first-order valence-corrected chi connectivity index (χ1v) is 10.2. The van der Waals surface area contributed by atoms with Gasteiger partial charge in [0.15, 0.2) is 0 Å². The van der Waals surface area contributed by atoms with Crippen molar-refractivity contribution in [2.45, 2.75) is 47.6 Å². The molecule has 0 aliphatic rings. The monoisotopic (exact) mass is 407 g/mol. The molecule has 3 aromatic rings. The highest BCUT2D eigenvalue weighted by Crippen LogP contribution is 2.18. The summed E-state index contributed by atoms with van der Waals surface area (Å²) in [7, 11) is 0. The van der Waals surface area contributed by atoms with Gasteiger partial charge in [-0.1, -0.05) is 31.5 Å². The molecular weight excluding hydrogens is 378 g/mol. The van der Waals surface area contributed by atoms with Gasteiger partial charge in [0.2, 0.25) is 5.91 Å². The van der Waals surface area contributed by atoms with Crippen molar-refractivity contribution >= 4 is 16.8 Å². The van der Waals surface area contributed by atoms with Crippen LogP contribution in [0.25, 0.3) is 16.6 Å². The first-order chi connectivity index (χ1) is 14.1. The first kappa shape index (κ1) is 21.6. The minimum Gasteiger partial charge on any atom is -0.354 e. The number of carbonyl (C=O) groups excluding carboxylic acids is 1. The Bertz CT molecular complexity index is 1230. The summed E-state index contributed by atoms with van der Waals surface area (Å²) in [4.78, 5) is 39.6. The van der Waals surface area contributed by atoms with Crippen molar-refractivity contribution in [1.29, 1.82) is 0 Å². The predicted molar refractivity (Wildman–Crippen MR) is 121 cm³/mol. The van der Waals surface area contributed by atoms with Crippen LogP contribution >= 0.6 is 0 Å². The second kappa shape index (κ2) is 8.30. The Labute approximate surface area is 176 Å². The Morgan fingerprint density at radius 3 is 2.30 bits per heavy atom. The molecule has 0 spiro atoms. The van der Waals surface area contributed by atoms with Crippen LogP contribution in [0.5, 0.6) is 0 Å². The molecule has 3 rings (SSSR count). The molecule has 1 N–H and O–H groups in total. The standard InChI is InChI=1S/C24H29N3O3/c1-14(2)13-25-22(28)18(6)26-21-10-7-15(3)11-20(21)23(29)27(24(26)30)19-9-8-16(4)17(5)12-19/h7-12,14,18H,13H2,1-6H3,(H,25,28)/t18-/m0/s1. The Kier molecular flexibility index (Phi) is 5.97. The molecule has 0 saturated carbocycles. The molecule has 0 bridgehead atoms. The van der Waals surface area contributed by atoms with E-state index in [4.69, 9.17) is 0 Å². The number of hydrogen-bond donors (Lipinski definition) is 1. The van der Waals surface area contributed by atoms with Crippen molar-refractivity contribution in [3.05, 3.63) is 73.9 Å². The molecular formula is C24H29N3O3. The molecule has 30 heavy (non-hydrogen) atoms. The maximum Gasteiger partial charge on any atom is 0.336 e. The van der Waals surface area contributed by atoms with Gasteiger partial charge in [0.25, 0.3) is 5.56 Å². The number of aryl methyl sites for hydroxylation is 3. The van der Waals surface area contributed by atoms with Gasteiger partial charge in [0, 0.05) is 6.54 Å². The SMILES string of the molecule is Cc1ccc2c(c1)c(=O)n(-c1ccc(C)c(C)c1)c(=O)n2[C@@H](C)C(=O)NCC(C)C. The van der Waals surface area contributed by atoms with Crippen LogP contribution in [0, 0.1) is 26.7 Å². The van der Waals surface area contributed by atoms with Crippen LogP contribution in [0.4, 0.5) is 0 Å². The molecule has 0 radical (unpaired) electrons. The molecule has 6 nitrogen and oxygen atoms in total. The second-order valence-corrected chi connectivity index (χ2v) is 8.40. The third-order valence-corrected chi connectivity index (χ3v) is 5.44. The number of rotatable bonds is 5. The van der Waals surface area contributed by atoms with Crippen molar-refractivity contribution in [3.63, 3.8) is 0 Å². The van der Waals surface area contributed by atoms with Crippen LogP contribution in [0.15, 0.2) is 46.0 Å². The van der Waals surface area contributed by atoms with E-state index in [-0.39, 0.29) is 11.5 Å². The molecule has 0 unspecified atom stereocenters. The predicted octanol–water partition coefficient (Wildman–Crippen LogP) is 3.41. The largest absolute Gasteiger partial charge is 0.354 e. The minimum atomic E-state index is -0.764. The lowest BCUT2D eigenvalue weighted by atomic mass is 10.1. The van der Waals surface area contributed by atoms with Crippen LogP contribution in [-0.2, 0) is 4.79 Å². The summed E-state index contributed by atoms with van der Waals surface area (Å²) >= 11 is 0. The third kappa shape index (κ3) is 3.95. The van der Waals surface area contributed by atoms with Crippen molar-refractivity contribution in [3.8, 4) is 5.69 Å². The van der Waals surface area contributed by atoms with E-state index < -0.39 is 11.7 Å². The molecule has 1 atom stereocenters. The van der Waals surface area contributed by atoms with Crippen molar-refractivity contribution in [2.75, 3.05) is 6.54 Å². The fraction of sp³-hybridized carbons (Fsp3) is 0.375. The smallest absolute Gasteiger partial charge is 0.336 e. The van der Waals surface area contributed by atoms with Gasteiger partial charge in [-0.2, -0.15) is 0 Å². The van der Waals surface area contributed by atoms with Gasteiger partial charge in [-0.3, -0.25) is 14.2 Å². The number of fused-ring (bicyclic) bond motifs is 1. The van der Waals surface area contributed by atoms with Gasteiger partial charge in [-0.15, -0.1) is 0 Å². The lowest BCUT2D eigenvalue weighted by Crippen LogP contribution is -2.44. The van der Waals surface area contributed by atoms with E-state index in [1.165, 1.54) is 9.13 Å². The molecule has 1 amide bonds. The van der Waals surface area contributed by atoms with Gasteiger partial charge in [-0.25, -0.2) is 9.36 Å². The molecule has 0 fully saturated rings. The van der Waals surface area contributed by atoms with E-state index >= 15 is 0 Å². The lowest BCUT2D eigenvalue weighted by Gasteiger charge is -2.20. The van der Waals surface area contributed by atoms with Crippen LogP contribution in [-0.4, -0.2) is 21.6 Å². The van der Waals surface area contributed by atoms with Crippen LogP contribution in [0.1, 0.15) is 43.5 Å². The van der Waals surface area contributed by atoms with Crippen LogP contribution in [0.2, 0.25) is 0 Å². The highest BCUT2D eigenvalue weighted by Gasteiger charge is 2.23. The Balaban J connectivity index is 2.31. The molecule has 6 heteroatoms. The number of benzene rings is 2. The maximum atomic E-state index is 13.5. The van der Waals surface area contributed by atoms with E-state index in [0.29, 0.717) is 29.1 Å². The highest BCUT2D eigenvalue weighted by molar-refractivity contribution is 5.84. The maximum absolute atomic E-state index is 13.5. The van der Waals surface area contributed by atoms with E-state index in [9.17, 15) is 14.4 Å². The lowest BCUT2D eigenvalue weighted by molar-refractivity contribution is -0.124. The zero-order valence-corrected chi connectivity index (χ0v) is 18.4. The first-order valence-electron chi connectivity index (χ1n) is 10.2. The minimum absolute atomic E-state index is 0.252. The number of nitrogens with one attached hydrogen (secondary N) is 1. The molecule has 0 aliphatic carbocycles. The Morgan fingerprint density at radius 2 is 1.67 bits per heavy atom.